The Morgan fingerprint density at radius 2 is 2.04 bits per heavy atom. The second-order valence-electron chi connectivity index (χ2n) is 6.70. The minimum absolute atomic E-state index is 0.295. The van der Waals surface area contributed by atoms with Crippen LogP contribution in [0.3, 0.4) is 0 Å². The molecular weight excluding hydrogens is 442 g/mol. The van der Waals surface area contributed by atoms with E-state index in [1.54, 1.807) is 12.1 Å². The highest BCUT2D eigenvalue weighted by molar-refractivity contribution is 9.10. The molecule has 1 aliphatic rings. The van der Waals surface area contributed by atoms with E-state index in [1.807, 2.05) is 6.07 Å². The summed E-state index contributed by atoms with van der Waals surface area (Å²) < 4.78 is 11.6. The Balaban J connectivity index is 1.90. The van der Waals surface area contributed by atoms with Crippen molar-refractivity contribution in [2.45, 2.75) is 45.4 Å². The number of hydrogen-bond acceptors (Lipinski definition) is 5. The lowest BCUT2D eigenvalue weighted by Crippen LogP contribution is -2.16. The van der Waals surface area contributed by atoms with Crippen LogP contribution in [0.2, 0.25) is 0 Å². The number of thiophene rings is 1. The van der Waals surface area contributed by atoms with Gasteiger partial charge >= 0.3 is 5.97 Å². The summed E-state index contributed by atoms with van der Waals surface area (Å²) in [5, 5.41) is 3.49. The highest BCUT2D eigenvalue weighted by Crippen LogP contribution is 2.39. The van der Waals surface area contributed by atoms with Gasteiger partial charge < -0.3 is 14.8 Å². The van der Waals surface area contributed by atoms with Gasteiger partial charge in [0.25, 0.3) is 5.91 Å². The van der Waals surface area contributed by atoms with E-state index in [0.29, 0.717) is 28.5 Å². The van der Waals surface area contributed by atoms with Gasteiger partial charge in [-0.2, -0.15) is 0 Å². The molecule has 5 nitrogen and oxygen atoms in total. The van der Waals surface area contributed by atoms with E-state index in [0.717, 1.165) is 53.4 Å². The standard InChI is InChI=1S/C21H24BrNO4S/c1-3-4-11-27-16-10-9-13(22)12-15(16)19(24)23-20-18(21(25)26-2)14-7-5-6-8-17(14)28-20/h9-10,12H,3-8,11H2,1-2H3,(H,23,24). The first-order valence-electron chi connectivity index (χ1n) is 9.51. The number of ether oxygens (including phenoxy) is 2. The molecule has 0 saturated carbocycles. The molecule has 0 radical (unpaired) electrons. The molecule has 28 heavy (non-hydrogen) atoms. The molecule has 1 aromatic carbocycles. The number of halogens is 1. The molecule has 150 valence electrons. The van der Waals surface area contributed by atoms with Crippen LogP contribution in [0.1, 0.15) is 63.8 Å². The number of carbonyl (C=O) groups excluding carboxylic acids is 2. The van der Waals surface area contributed by atoms with Crippen LogP contribution in [0.25, 0.3) is 0 Å². The number of nitrogens with one attached hydrogen (secondary N) is 1. The van der Waals surface area contributed by atoms with Crippen LogP contribution in [0.4, 0.5) is 5.00 Å². The zero-order valence-corrected chi connectivity index (χ0v) is 18.5. The number of carbonyl (C=O) groups is 2. The van der Waals surface area contributed by atoms with E-state index >= 15 is 0 Å². The second-order valence-corrected chi connectivity index (χ2v) is 8.72. The van der Waals surface area contributed by atoms with Crippen molar-refractivity contribution in [3.63, 3.8) is 0 Å². The summed E-state index contributed by atoms with van der Waals surface area (Å²) in [4.78, 5) is 26.6. The zero-order valence-electron chi connectivity index (χ0n) is 16.1. The van der Waals surface area contributed by atoms with Gasteiger partial charge in [-0.3, -0.25) is 4.79 Å². The highest BCUT2D eigenvalue weighted by atomic mass is 79.9. The van der Waals surface area contributed by atoms with Crippen molar-refractivity contribution in [1.29, 1.82) is 0 Å². The van der Waals surface area contributed by atoms with E-state index in [1.165, 1.54) is 18.4 Å². The Hall–Kier alpha value is -1.86. The van der Waals surface area contributed by atoms with Gasteiger partial charge in [0.15, 0.2) is 0 Å². The number of rotatable bonds is 7. The van der Waals surface area contributed by atoms with Gasteiger partial charge in [-0.1, -0.05) is 29.3 Å². The average molecular weight is 466 g/mol. The van der Waals surface area contributed by atoms with Crippen molar-refractivity contribution < 1.29 is 19.1 Å². The zero-order chi connectivity index (χ0) is 20.1. The average Bonchev–Trinajstić information content (AvgIpc) is 3.06. The topological polar surface area (TPSA) is 64.6 Å². The quantitative estimate of drug-likeness (QED) is 0.426. The van der Waals surface area contributed by atoms with E-state index in [-0.39, 0.29) is 5.91 Å². The van der Waals surface area contributed by atoms with Gasteiger partial charge in [-0.15, -0.1) is 11.3 Å². The minimum atomic E-state index is -0.400. The summed E-state index contributed by atoms with van der Waals surface area (Å²) in [5.41, 5.74) is 1.96. The molecule has 0 aliphatic heterocycles. The SMILES string of the molecule is CCCCOc1ccc(Br)cc1C(=O)Nc1sc2c(c1C(=O)OC)CCCC2. The first-order chi connectivity index (χ1) is 13.5. The number of unbranched alkanes of at least 4 members (excludes halogenated alkanes) is 1. The molecule has 7 heteroatoms. The minimum Gasteiger partial charge on any atom is -0.493 e. The number of aryl methyl sites for hydroxylation is 1. The van der Waals surface area contributed by atoms with E-state index in [2.05, 4.69) is 28.2 Å². The van der Waals surface area contributed by atoms with Gasteiger partial charge in [-0.05, 0) is 55.9 Å². The van der Waals surface area contributed by atoms with Crippen LogP contribution in [0, 0.1) is 0 Å². The molecule has 1 aliphatic carbocycles. The van der Waals surface area contributed by atoms with Crippen molar-refractivity contribution in [3.05, 3.63) is 44.2 Å². The summed E-state index contributed by atoms with van der Waals surface area (Å²) in [6.45, 7) is 2.64. The normalized spacial score (nSPS) is 13.0. The van der Waals surface area contributed by atoms with Crippen LogP contribution in [0.15, 0.2) is 22.7 Å². The summed E-state index contributed by atoms with van der Waals surface area (Å²) in [7, 11) is 1.37. The van der Waals surface area contributed by atoms with Gasteiger partial charge in [0.05, 0.1) is 24.8 Å². The fourth-order valence-electron chi connectivity index (χ4n) is 3.27. The van der Waals surface area contributed by atoms with Crippen LogP contribution in [-0.2, 0) is 17.6 Å². The van der Waals surface area contributed by atoms with Crippen LogP contribution in [0.5, 0.6) is 5.75 Å². The maximum atomic E-state index is 13.0. The van der Waals surface area contributed by atoms with Crippen molar-refractivity contribution in [3.8, 4) is 5.75 Å². The summed E-state index contributed by atoms with van der Waals surface area (Å²) in [6.07, 6.45) is 5.85. The molecule has 0 spiro atoms. The van der Waals surface area contributed by atoms with Crippen molar-refractivity contribution in [1.82, 2.24) is 0 Å². The Labute approximate surface area is 177 Å². The largest absolute Gasteiger partial charge is 0.493 e. The number of anilines is 1. The first-order valence-corrected chi connectivity index (χ1v) is 11.1. The summed E-state index contributed by atoms with van der Waals surface area (Å²) in [5.74, 6) is -0.157. The number of amides is 1. The Morgan fingerprint density at radius 3 is 2.79 bits per heavy atom. The van der Waals surface area contributed by atoms with Crippen molar-refractivity contribution in [2.24, 2.45) is 0 Å². The first kappa shape index (κ1) is 20.9. The smallest absolute Gasteiger partial charge is 0.341 e. The summed E-state index contributed by atoms with van der Waals surface area (Å²) in [6, 6.07) is 5.37. The Bertz CT molecular complexity index is 878. The maximum Gasteiger partial charge on any atom is 0.341 e. The highest BCUT2D eigenvalue weighted by Gasteiger charge is 2.27. The molecule has 3 rings (SSSR count). The van der Waals surface area contributed by atoms with Crippen LogP contribution < -0.4 is 10.1 Å². The van der Waals surface area contributed by atoms with E-state index < -0.39 is 5.97 Å². The van der Waals surface area contributed by atoms with Crippen LogP contribution >= 0.6 is 27.3 Å². The summed E-state index contributed by atoms with van der Waals surface area (Å²) >= 11 is 4.89. The number of fused-ring (bicyclic) bond motifs is 1. The molecular formula is C21H24BrNO4S. The van der Waals surface area contributed by atoms with E-state index in [4.69, 9.17) is 9.47 Å². The van der Waals surface area contributed by atoms with Gasteiger partial charge in [0.2, 0.25) is 0 Å². The fraction of sp³-hybridized carbons (Fsp3) is 0.429. The lowest BCUT2D eigenvalue weighted by atomic mass is 9.95. The molecule has 0 bridgehead atoms. The van der Waals surface area contributed by atoms with Gasteiger partial charge in [-0.25, -0.2) is 4.79 Å². The molecule has 0 fully saturated rings. The Morgan fingerprint density at radius 1 is 1.25 bits per heavy atom. The number of benzene rings is 1. The number of hydrogen-bond donors (Lipinski definition) is 1. The molecule has 1 heterocycles. The molecule has 2 aromatic rings. The van der Waals surface area contributed by atoms with Crippen molar-refractivity contribution in [2.75, 3.05) is 19.0 Å². The number of esters is 1. The van der Waals surface area contributed by atoms with Crippen LogP contribution in [-0.4, -0.2) is 25.6 Å². The molecule has 0 unspecified atom stereocenters. The third-order valence-electron chi connectivity index (χ3n) is 4.73. The third kappa shape index (κ3) is 4.58. The predicted octanol–water partition coefficient (Wildman–Crippen LogP) is 5.61. The van der Waals surface area contributed by atoms with Crippen molar-refractivity contribution >= 4 is 44.1 Å². The molecule has 1 amide bonds. The molecule has 1 aromatic heterocycles. The second kappa shape index (κ2) is 9.56. The number of methoxy groups -OCH3 is 1. The van der Waals surface area contributed by atoms with E-state index in [9.17, 15) is 9.59 Å². The molecule has 1 N–H and O–H groups in total. The predicted molar refractivity (Wildman–Crippen MR) is 115 cm³/mol. The molecule has 0 saturated heterocycles. The van der Waals surface area contributed by atoms with Gasteiger partial charge in [0, 0.05) is 9.35 Å². The molecule has 0 atom stereocenters. The van der Waals surface area contributed by atoms with Gasteiger partial charge in [0.1, 0.15) is 10.8 Å². The third-order valence-corrected chi connectivity index (χ3v) is 6.43. The monoisotopic (exact) mass is 465 g/mol. The maximum absolute atomic E-state index is 13.0. The lowest BCUT2D eigenvalue weighted by Gasteiger charge is -2.13. The lowest BCUT2D eigenvalue weighted by molar-refractivity contribution is 0.0601. The fourth-order valence-corrected chi connectivity index (χ4v) is 4.91. The Kier molecular flexibility index (Phi) is 7.13.